The van der Waals surface area contributed by atoms with Crippen LogP contribution < -0.4 is 4.90 Å². The van der Waals surface area contributed by atoms with Gasteiger partial charge < -0.3 is 9.64 Å². The highest BCUT2D eigenvalue weighted by atomic mass is 16.5. The number of fused-ring (bicyclic) bond motifs is 1. The van der Waals surface area contributed by atoms with Crippen molar-refractivity contribution in [3.05, 3.63) is 36.5 Å². The predicted octanol–water partition coefficient (Wildman–Crippen LogP) is 3.43. The van der Waals surface area contributed by atoms with Crippen molar-refractivity contribution in [1.29, 1.82) is 0 Å². The zero-order valence-corrected chi connectivity index (χ0v) is 15.6. The van der Waals surface area contributed by atoms with E-state index in [1.807, 2.05) is 32.5 Å². The van der Waals surface area contributed by atoms with E-state index in [-0.39, 0.29) is 5.60 Å². The Balaban J connectivity index is 1.63. The van der Waals surface area contributed by atoms with Gasteiger partial charge >= 0.3 is 0 Å². The van der Waals surface area contributed by atoms with Crippen molar-refractivity contribution in [2.45, 2.75) is 31.8 Å². The monoisotopic (exact) mass is 351 g/mol. The van der Waals surface area contributed by atoms with Gasteiger partial charge in [0, 0.05) is 44.4 Å². The van der Waals surface area contributed by atoms with Gasteiger partial charge in [-0.2, -0.15) is 0 Å². The second-order valence-corrected chi connectivity index (χ2v) is 7.29. The molecule has 1 fully saturated rings. The smallest absolute Gasteiger partial charge is 0.227 e. The van der Waals surface area contributed by atoms with Crippen LogP contribution in [-0.4, -0.2) is 45.5 Å². The Labute approximate surface area is 153 Å². The van der Waals surface area contributed by atoms with Crippen LogP contribution in [0, 0.1) is 0 Å². The molecule has 2 aromatic heterocycles. The van der Waals surface area contributed by atoms with Crippen molar-refractivity contribution >= 4 is 16.9 Å². The molecule has 6 heteroatoms. The summed E-state index contributed by atoms with van der Waals surface area (Å²) in [7, 11) is 3.85. The largest absolute Gasteiger partial charge is 0.378 e. The molecule has 4 rings (SSSR count). The molecule has 1 unspecified atom stereocenters. The molecule has 0 bridgehead atoms. The summed E-state index contributed by atoms with van der Waals surface area (Å²) in [4.78, 5) is 6.71. The van der Waals surface area contributed by atoms with Crippen molar-refractivity contribution in [2.75, 3.05) is 25.1 Å². The number of anilines is 1. The second kappa shape index (κ2) is 6.68. The summed E-state index contributed by atoms with van der Waals surface area (Å²) >= 11 is 0. The number of pyridine rings is 1. The van der Waals surface area contributed by atoms with Gasteiger partial charge in [0.2, 0.25) is 5.95 Å². The molecule has 1 atom stereocenters. The first-order valence-electron chi connectivity index (χ1n) is 9.14. The highest BCUT2D eigenvalue weighted by Crippen LogP contribution is 2.29. The molecule has 6 nitrogen and oxygen atoms in total. The number of methoxy groups -OCH3 is 1. The van der Waals surface area contributed by atoms with E-state index in [9.17, 15) is 0 Å². The highest BCUT2D eigenvalue weighted by Gasteiger charge is 2.29. The Morgan fingerprint density at radius 1 is 1.12 bits per heavy atom. The second-order valence-electron chi connectivity index (χ2n) is 7.29. The lowest BCUT2D eigenvalue weighted by Gasteiger charge is -2.26. The zero-order chi connectivity index (χ0) is 18.1. The van der Waals surface area contributed by atoms with Gasteiger partial charge in [-0.15, -0.1) is 10.2 Å². The van der Waals surface area contributed by atoms with Gasteiger partial charge in [0.25, 0.3) is 0 Å². The van der Waals surface area contributed by atoms with E-state index in [0.717, 1.165) is 60.6 Å². The van der Waals surface area contributed by atoms with Crippen LogP contribution in [0.4, 0.5) is 5.95 Å². The molecular weight excluding hydrogens is 326 g/mol. The van der Waals surface area contributed by atoms with Crippen LogP contribution in [-0.2, 0) is 11.8 Å². The molecule has 0 amide bonds. The van der Waals surface area contributed by atoms with Crippen LogP contribution in [0.15, 0.2) is 36.5 Å². The third-order valence-corrected chi connectivity index (χ3v) is 5.53. The fraction of sp³-hybridized carbons (Fsp3) is 0.450. The Kier molecular flexibility index (Phi) is 4.36. The van der Waals surface area contributed by atoms with E-state index in [4.69, 9.17) is 4.74 Å². The van der Waals surface area contributed by atoms with Gasteiger partial charge in [-0.3, -0.25) is 9.55 Å². The molecule has 26 heavy (non-hydrogen) atoms. The number of hydrogen-bond donors (Lipinski definition) is 0. The van der Waals surface area contributed by atoms with Crippen LogP contribution in [0.2, 0.25) is 0 Å². The Morgan fingerprint density at radius 2 is 2.00 bits per heavy atom. The van der Waals surface area contributed by atoms with Gasteiger partial charge in [-0.05, 0) is 50.5 Å². The molecular formula is C20H25N5O. The fourth-order valence-electron chi connectivity index (χ4n) is 3.72. The van der Waals surface area contributed by atoms with Crippen LogP contribution in [0.5, 0.6) is 0 Å². The number of aromatic nitrogens is 4. The maximum atomic E-state index is 5.71. The van der Waals surface area contributed by atoms with Crippen LogP contribution in [0.1, 0.15) is 26.2 Å². The number of rotatable bonds is 3. The summed E-state index contributed by atoms with van der Waals surface area (Å²) in [5, 5.41) is 10.1. The lowest BCUT2D eigenvalue weighted by Crippen LogP contribution is -2.31. The highest BCUT2D eigenvalue weighted by molar-refractivity contribution is 5.83. The molecule has 1 aliphatic rings. The normalized spacial score (nSPS) is 21.1. The third kappa shape index (κ3) is 3.05. The maximum Gasteiger partial charge on any atom is 0.227 e. The van der Waals surface area contributed by atoms with Crippen molar-refractivity contribution in [1.82, 2.24) is 19.7 Å². The SMILES string of the molecule is COC1(C)CCCN(c2nnc(-c3ccc4ncccc4c3)n2C)CC1. The quantitative estimate of drug-likeness (QED) is 0.724. The maximum absolute atomic E-state index is 5.71. The lowest BCUT2D eigenvalue weighted by molar-refractivity contribution is -0.00331. The van der Waals surface area contributed by atoms with Crippen molar-refractivity contribution in [3.63, 3.8) is 0 Å². The van der Waals surface area contributed by atoms with Gasteiger partial charge in [-0.1, -0.05) is 6.07 Å². The van der Waals surface area contributed by atoms with Crippen molar-refractivity contribution in [2.24, 2.45) is 7.05 Å². The van der Waals surface area contributed by atoms with E-state index >= 15 is 0 Å². The Morgan fingerprint density at radius 3 is 2.85 bits per heavy atom. The average Bonchev–Trinajstić information content (AvgIpc) is 2.93. The number of benzene rings is 1. The fourth-order valence-corrected chi connectivity index (χ4v) is 3.72. The predicted molar refractivity (Wildman–Crippen MR) is 103 cm³/mol. The van der Waals surface area contributed by atoms with Crippen LogP contribution in [0.25, 0.3) is 22.3 Å². The minimum atomic E-state index is -0.0402. The molecule has 0 saturated carbocycles. The lowest BCUT2D eigenvalue weighted by atomic mass is 9.97. The summed E-state index contributed by atoms with van der Waals surface area (Å²) in [6, 6.07) is 10.3. The van der Waals surface area contributed by atoms with E-state index in [2.05, 4.69) is 49.8 Å². The first kappa shape index (κ1) is 17.0. The summed E-state index contributed by atoms with van der Waals surface area (Å²) in [5.74, 6) is 1.80. The standard InChI is InChI=1S/C20H25N5O/c1-20(26-3)9-5-12-25(13-10-20)19-23-22-18(24(19)2)16-7-8-17-15(14-16)6-4-11-21-17/h4,6-8,11,14H,5,9-10,12-13H2,1-3H3. The summed E-state index contributed by atoms with van der Waals surface area (Å²) in [6.45, 7) is 4.10. The number of nitrogens with zero attached hydrogens (tertiary/aromatic N) is 5. The van der Waals surface area contributed by atoms with Gasteiger partial charge in [0.05, 0.1) is 11.1 Å². The summed E-state index contributed by atoms with van der Waals surface area (Å²) in [6.07, 6.45) is 4.97. The average molecular weight is 351 g/mol. The van der Waals surface area contributed by atoms with E-state index in [1.165, 1.54) is 0 Å². The van der Waals surface area contributed by atoms with Gasteiger partial charge in [0.15, 0.2) is 5.82 Å². The first-order chi connectivity index (χ1) is 12.6. The third-order valence-electron chi connectivity index (χ3n) is 5.53. The molecule has 0 radical (unpaired) electrons. The first-order valence-corrected chi connectivity index (χ1v) is 9.14. The summed E-state index contributed by atoms with van der Waals surface area (Å²) < 4.78 is 7.80. The molecule has 1 aromatic carbocycles. The topological polar surface area (TPSA) is 56.1 Å². The van der Waals surface area contributed by atoms with Crippen LogP contribution >= 0.6 is 0 Å². The van der Waals surface area contributed by atoms with Crippen molar-refractivity contribution in [3.8, 4) is 11.4 Å². The van der Waals surface area contributed by atoms with Crippen molar-refractivity contribution < 1.29 is 4.74 Å². The van der Waals surface area contributed by atoms with E-state index < -0.39 is 0 Å². The Bertz CT molecular complexity index is 921. The molecule has 3 heterocycles. The minimum absolute atomic E-state index is 0.0402. The van der Waals surface area contributed by atoms with Crippen LogP contribution in [0.3, 0.4) is 0 Å². The number of hydrogen-bond acceptors (Lipinski definition) is 5. The Hall–Kier alpha value is -2.47. The zero-order valence-electron chi connectivity index (χ0n) is 15.6. The molecule has 3 aromatic rings. The molecule has 1 aliphatic heterocycles. The van der Waals surface area contributed by atoms with Gasteiger partial charge in [-0.25, -0.2) is 0 Å². The minimum Gasteiger partial charge on any atom is -0.378 e. The molecule has 0 N–H and O–H groups in total. The van der Waals surface area contributed by atoms with E-state index in [0.29, 0.717) is 0 Å². The molecule has 0 spiro atoms. The summed E-state index contributed by atoms with van der Waals surface area (Å²) in [5.41, 5.74) is 2.01. The number of ether oxygens (including phenoxy) is 1. The van der Waals surface area contributed by atoms with Gasteiger partial charge in [0.1, 0.15) is 0 Å². The van der Waals surface area contributed by atoms with E-state index in [1.54, 1.807) is 0 Å². The molecule has 1 saturated heterocycles. The molecule has 136 valence electrons. The molecule has 0 aliphatic carbocycles.